The molecule has 1 aliphatic carbocycles. The third-order valence-corrected chi connectivity index (χ3v) is 2.65. The number of aliphatic hydroxyl groups excluding tert-OH is 1. The monoisotopic (exact) mass is 282 g/mol. The van der Waals surface area contributed by atoms with Crippen LogP contribution in [0.5, 0.6) is 0 Å². The molecule has 0 aromatic heterocycles. The third-order valence-electron chi connectivity index (χ3n) is 2.65. The van der Waals surface area contributed by atoms with Crippen molar-refractivity contribution >= 4 is 11.8 Å². The fraction of sp³-hybridized carbons (Fsp3) is 0.625. The lowest BCUT2D eigenvalue weighted by atomic mass is 9.99. The van der Waals surface area contributed by atoms with Gasteiger partial charge in [0.25, 0.3) is 0 Å². The van der Waals surface area contributed by atoms with Crippen molar-refractivity contribution in [1.29, 1.82) is 0 Å². The molecule has 0 fully saturated rings. The number of hydrogen-bond acceptors (Lipinski definition) is 4. The highest BCUT2D eigenvalue weighted by Gasteiger charge is 2.26. The first-order valence-electron chi connectivity index (χ1n) is 7.10. The van der Waals surface area contributed by atoms with Gasteiger partial charge in [-0.05, 0) is 32.8 Å². The van der Waals surface area contributed by atoms with Crippen LogP contribution < -0.4 is 0 Å². The van der Waals surface area contributed by atoms with Crippen LogP contribution in [0.3, 0.4) is 0 Å². The first-order valence-corrected chi connectivity index (χ1v) is 7.10. The summed E-state index contributed by atoms with van der Waals surface area (Å²) in [5, 5.41) is 9.37. The van der Waals surface area contributed by atoms with E-state index in [0.29, 0.717) is 6.42 Å². The molecule has 1 rings (SSSR count). The van der Waals surface area contributed by atoms with Crippen LogP contribution in [0.2, 0.25) is 0 Å². The molecule has 4 nitrogen and oxygen atoms in total. The Morgan fingerprint density at radius 2 is 2.10 bits per heavy atom. The molecule has 0 amide bonds. The minimum Gasteiger partial charge on any atom is -0.463 e. The molecule has 114 valence electrons. The fourth-order valence-corrected chi connectivity index (χ4v) is 1.73. The Kier molecular flexibility index (Phi) is 9.64. The molecule has 0 aliphatic heterocycles. The molecule has 1 aliphatic rings. The predicted octanol–water partition coefficient (Wildman–Crippen LogP) is 2.81. The maximum atomic E-state index is 11.2. The second kappa shape index (κ2) is 10.4. The van der Waals surface area contributed by atoms with Gasteiger partial charge in [-0.3, -0.25) is 9.59 Å². The summed E-state index contributed by atoms with van der Waals surface area (Å²) >= 11 is 0. The van der Waals surface area contributed by atoms with Gasteiger partial charge in [-0.1, -0.05) is 31.6 Å². The van der Waals surface area contributed by atoms with Gasteiger partial charge in [0.05, 0.1) is 18.1 Å². The van der Waals surface area contributed by atoms with Crippen molar-refractivity contribution < 1.29 is 19.4 Å². The summed E-state index contributed by atoms with van der Waals surface area (Å²) in [6.45, 7) is 7.16. The zero-order valence-corrected chi connectivity index (χ0v) is 12.8. The molecule has 4 heteroatoms. The lowest BCUT2D eigenvalue weighted by molar-refractivity contribution is -0.144. The molecular weight excluding hydrogens is 256 g/mol. The fourth-order valence-electron chi connectivity index (χ4n) is 1.73. The van der Waals surface area contributed by atoms with E-state index in [-0.39, 0.29) is 23.8 Å². The minimum atomic E-state index is -0.571. The Bertz CT molecular complexity index is 355. The van der Waals surface area contributed by atoms with Gasteiger partial charge < -0.3 is 9.84 Å². The molecule has 0 radical (unpaired) electrons. The van der Waals surface area contributed by atoms with E-state index in [2.05, 4.69) is 17.7 Å². The number of ether oxygens (including phenoxy) is 1. The molecule has 0 saturated carbocycles. The molecule has 0 aromatic rings. The van der Waals surface area contributed by atoms with E-state index in [4.69, 9.17) is 0 Å². The summed E-state index contributed by atoms with van der Waals surface area (Å²) in [4.78, 5) is 21.2. The summed E-state index contributed by atoms with van der Waals surface area (Å²) in [6.07, 6.45) is 9.38. The zero-order valence-electron chi connectivity index (χ0n) is 12.8. The van der Waals surface area contributed by atoms with Crippen molar-refractivity contribution in [2.24, 2.45) is 5.92 Å². The summed E-state index contributed by atoms with van der Waals surface area (Å²) in [7, 11) is 0. The van der Waals surface area contributed by atoms with Gasteiger partial charge in [0, 0.05) is 6.92 Å². The van der Waals surface area contributed by atoms with E-state index in [1.807, 2.05) is 19.9 Å². The van der Waals surface area contributed by atoms with E-state index >= 15 is 0 Å². The Morgan fingerprint density at radius 3 is 2.45 bits per heavy atom. The van der Waals surface area contributed by atoms with Gasteiger partial charge in [-0.2, -0.15) is 0 Å². The van der Waals surface area contributed by atoms with Gasteiger partial charge in [-0.25, -0.2) is 0 Å². The SMILES string of the molecule is CC(=O)OC(C)C.CCC/C=C\CC1C(=O)C=CC1O. The van der Waals surface area contributed by atoms with Crippen LogP contribution in [0.1, 0.15) is 47.0 Å². The van der Waals surface area contributed by atoms with Gasteiger partial charge in [0.2, 0.25) is 0 Å². The van der Waals surface area contributed by atoms with Crippen molar-refractivity contribution in [2.45, 2.75) is 59.2 Å². The average molecular weight is 282 g/mol. The predicted molar refractivity (Wildman–Crippen MR) is 79.2 cm³/mol. The summed E-state index contributed by atoms with van der Waals surface area (Å²) in [6, 6.07) is 0. The van der Waals surface area contributed by atoms with Crippen molar-refractivity contribution in [2.75, 3.05) is 0 Å². The van der Waals surface area contributed by atoms with Crippen LogP contribution in [-0.2, 0) is 14.3 Å². The highest BCUT2D eigenvalue weighted by Crippen LogP contribution is 2.19. The largest absolute Gasteiger partial charge is 0.463 e. The van der Waals surface area contributed by atoms with Crippen LogP contribution in [0.15, 0.2) is 24.3 Å². The van der Waals surface area contributed by atoms with Crippen molar-refractivity contribution in [1.82, 2.24) is 0 Å². The molecule has 0 aromatic carbocycles. The number of rotatable bonds is 5. The average Bonchev–Trinajstić information content (AvgIpc) is 2.64. The van der Waals surface area contributed by atoms with Gasteiger partial charge >= 0.3 is 5.97 Å². The van der Waals surface area contributed by atoms with Crippen LogP contribution in [0, 0.1) is 5.92 Å². The Balaban J connectivity index is 0.000000441. The summed E-state index contributed by atoms with van der Waals surface area (Å²) in [5.74, 6) is -0.392. The maximum Gasteiger partial charge on any atom is 0.302 e. The lowest BCUT2D eigenvalue weighted by Crippen LogP contribution is -2.18. The molecular formula is C16H26O4. The molecule has 2 unspecified atom stereocenters. The molecule has 0 bridgehead atoms. The van der Waals surface area contributed by atoms with Crippen LogP contribution in [-0.4, -0.2) is 29.1 Å². The first kappa shape index (κ1) is 18.6. The van der Waals surface area contributed by atoms with Crippen LogP contribution in [0.4, 0.5) is 0 Å². The van der Waals surface area contributed by atoms with Crippen molar-refractivity contribution in [3.8, 4) is 0 Å². The highest BCUT2D eigenvalue weighted by molar-refractivity contribution is 5.95. The normalized spacial score (nSPS) is 21.2. The van der Waals surface area contributed by atoms with E-state index in [1.165, 1.54) is 13.0 Å². The number of unbranched alkanes of at least 4 members (excludes halogenated alkanes) is 1. The number of ketones is 1. The maximum absolute atomic E-state index is 11.2. The topological polar surface area (TPSA) is 63.6 Å². The third kappa shape index (κ3) is 8.64. The van der Waals surface area contributed by atoms with E-state index in [1.54, 1.807) is 6.08 Å². The number of aliphatic hydroxyl groups is 1. The van der Waals surface area contributed by atoms with Crippen molar-refractivity contribution in [3.05, 3.63) is 24.3 Å². The molecule has 0 heterocycles. The molecule has 0 spiro atoms. The number of hydrogen-bond donors (Lipinski definition) is 1. The van der Waals surface area contributed by atoms with Crippen LogP contribution >= 0.6 is 0 Å². The Labute approximate surface area is 121 Å². The van der Waals surface area contributed by atoms with E-state index < -0.39 is 6.10 Å². The quantitative estimate of drug-likeness (QED) is 0.622. The lowest BCUT2D eigenvalue weighted by Gasteiger charge is -2.09. The standard InChI is InChI=1S/C11H16O2.C5H10O2/c1-2-3-4-5-6-9-10(12)7-8-11(9)13;1-4(2)7-5(3)6/h4-5,7-10,12H,2-3,6H2,1H3;4H,1-3H3/b5-4-;. The van der Waals surface area contributed by atoms with Crippen LogP contribution in [0.25, 0.3) is 0 Å². The van der Waals surface area contributed by atoms with Gasteiger partial charge in [0.15, 0.2) is 5.78 Å². The number of esters is 1. The highest BCUT2D eigenvalue weighted by atomic mass is 16.5. The molecule has 0 saturated heterocycles. The summed E-state index contributed by atoms with van der Waals surface area (Å²) in [5.41, 5.74) is 0. The van der Waals surface area contributed by atoms with Gasteiger partial charge in [0.1, 0.15) is 0 Å². The Hall–Kier alpha value is -1.42. The van der Waals surface area contributed by atoms with E-state index in [9.17, 15) is 14.7 Å². The summed E-state index contributed by atoms with van der Waals surface area (Å²) < 4.78 is 4.61. The molecule has 2 atom stereocenters. The van der Waals surface area contributed by atoms with Gasteiger partial charge in [-0.15, -0.1) is 0 Å². The first-order chi connectivity index (χ1) is 9.38. The molecule has 1 N–H and O–H groups in total. The number of allylic oxidation sites excluding steroid dienone is 3. The molecule has 20 heavy (non-hydrogen) atoms. The zero-order chi connectivity index (χ0) is 15.5. The minimum absolute atomic E-state index is 0.0255. The Morgan fingerprint density at radius 1 is 1.45 bits per heavy atom. The van der Waals surface area contributed by atoms with Crippen molar-refractivity contribution in [3.63, 3.8) is 0 Å². The second-order valence-corrected chi connectivity index (χ2v) is 5.01. The smallest absolute Gasteiger partial charge is 0.302 e. The second-order valence-electron chi connectivity index (χ2n) is 5.01. The van der Waals surface area contributed by atoms with E-state index in [0.717, 1.165) is 12.8 Å². The number of carbonyl (C=O) groups is 2. The number of carbonyl (C=O) groups excluding carboxylic acids is 2.